The van der Waals surface area contributed by atoms with Crippen LogP contribution in [0, 0.1) is 0 Å². The van der Waals surface area contributed by atoms with Crippen LogP contribution in [0.2, 0.25) is 0 Å². The van der Waals surface area contributed by atoms with Gasteiger partial charge in [0.25, 0.3) is 0 Å². The number of benzene rings is 2. The summed E-state index contributed by atoms with van der Waals surface area (Å²) in [5, 5.41) is 14.9. The highest BCUT2D eigenvalue weighted by molar-refractivity contribution is 7.98. The number of thioether (sulfide) groups is 1. The van der Waals surface area contributed by atoms with Gasteiger partial charge in [-0.25, -0.2) is 14.6 Å². The Morgan fingerprint density at radius 2 is 1.76 bits per heavy atom. The topological polar surface area (TPSA) is 117 Å². The number of para-hydroxylation sites is 2. The van der Waals surface area contributed by atoms with E-state index in [1.165, 1.54) is 16.7 Å². The molecule has 178 valence electrons. The molecule has 9 nitrogen and oxygen atoms in total. The Labute approximate surface area is 201 Å². The van der Waals surface area contributed by atoms with E-state index >= 15 is 0 Å². The number of rotatable bonds is 9. The minimum absolute atomic E-state index is 0.234. The van der Waals surface area contributed by atoms with Gasteiger partial charge in [0, 0.05) is 19.5 Å². The molecule has 0 saturated carbocycles. The van der Waals surface area contributed by atoms with Crippen LogP contribution in [0.4, 0.5) is 10.7 Å². The Morgan fingerprint density at radius 3 is 2.50 bits per heavy atom. The van der Waals surface area contributed by atoms with Gasteiger partial charge in [-0.05, 0) is 36.1 Å². The third-order valence-electron chi connectivity index (χ3n) is 5.79. The molecule has 2 heterocycles. The van der Waals surface area contributed by atoms with Crippen LogP contribution < -0.4 is 15.5 Å². The highest BCUT2D eigenvalue weighted by Gasteiger charge is 2.32. The molecule has 0 aliphatic carbocycles. The quantitative estimate of drug-likeness (QED) is 0.432. The molecule has 2 atom stereocenters. The Bertz CT molecular complexity index is 1180. The molecule has 0 bridgehead atoms. The van der Waals surface area contributed by atoms with Crippen molar-refractivity contribution in [3.05, 3.63) is 60.2 Å². The van der Waals surface area contributed by atoms with Crippen LogP contribution in [0.1, 0.15) is 12.0 Å². The van der Waals surface area contributed by atoms with Gasteiger partial charge in [-0.1, -0.05) is 42.5 Å². The van der Waals surface area contributed by atoms with E-state index in [2.05, 4.69) is 15.6 Å². The average molecular weight is 482 g/mol. The van der Waals surface area contributed by atoms with Crippen LogP contribution in [0.3, 0.4) is 0 Å². The lowest BCUT2D eigenvalue weighted by Gasteiger charge is -2.24. The number of imidazole rings is 1. The van der Waals surface area contributed by atoms with Gasteiger partial charge >= 0.3 is 12.0 Å². The maximum absolute atomic E-state index is 13.2. The van der Waals surface area contributed by atoms with Crippen molar-refractivity contribution in [1.82, 2.24) is 20.2 Å². The second-order valence-corrected chi connectivity index (χ2v) is 9.06. The fourth-order valence-corrected chi connectivity index (χ4v) is 4.50. The van der Waals surface area contributed by atoms with Gasteiger partial charge in [-0.2, -0.15) is 11.8 Å². The van der Waals surface area contributed by atoms with Crippen molar-refractivity contribution >= 4 is 46.7 Å². The van der Waals surface area contributed by atoms with Crippen LogP contribution in [0.15, 0.2) is 54.6 Å². The number of carboxylic acids is 1. The van der Waals surface area contributed by atoms with Crippen LogP contribution in [0.25, 0.3) is 11.0 Å². The third kappa shape index (κ3) is 5.17. The normalized spacial score (nSPS) is 14.4. The van der Waals surface area contributed by atoms with Gasteiger partial charge in [0.15, 0.2) is 0 Å². The number of hydrogen-bond donors (Lipinski definition) is 3. The third-order valence-corrected chi connectivity index (χ3v) is 6.43. The van der Waals surface area contributed by atoms with Gasteiger partial charge in [-0.15, -0.1) is 0 Å². The van der Waals surface area contributed by atoms with E-state index in [-0.39, 0.29) is 6.42 Å². The highest BCUT2D eigenvalue weighted by Crippen LogP contribution is 2.27. The van der Waals surface area contributed by atoms with Gasteiger partial charge in [0.1, 0.15) is 12.1 Å². The average Bonchev–Trinajstić information content (AvgIpc) is 3.41. The van der Waals surface area contributed by atoms with Gasteiger partial charge in [-0.3, -0.25) is 9.69 Å². The van der Waals surface area contributed by atoms with E-state index in [0.29, 0.717) is 31.2 Å². The standard InChI is InChI=1S/C24H27N5O4S/c1-34-14-11-18(22(31)32)25-21(30)19(15-16-7-3-2-4-8-16)27-24(33)29-13-12-28-20-10-6-5-9-17(20)26-23(28)29/h2-10,18-19H,11-15H2,1H3,(H,25,30)(H,27,33)(H,31,32). The summed E-state index contributed by atoms with van der Waals surface area (Å²) < 4.78 is 1.98. The zero-order valence-corrected chi connectivity index (χ0v) is 19.6. The molecule has 34 heavy (non-hydrogen) atoms. The number of carbonyl (C=O) groups excluding carboxylic acids is 2. The lowest BCUT2D eigenvalue weighted by molar-refractivity contribution is -0.142. The number of fused-ring (bicyclic) bond motifs is 3. The molecule has 3 N–H and O–H groups in total. The molecule has 1 aliphatic rings. The molecule has 1 aliphatic heterocycles. The Balaban J connectivity index is 1.53. The van der Waals surface area contributed by atoms with E-state index in [0.717, 1.165) is 16.6 Å². The molecule has 0 spiro atoms. The van der Waals surface area contributed by atoms with Crippen LogP contribution in [-0.2, 0) is 22.6 Å². The predicted molar refractivity (Wildman–Crippen MR) is 132 cm³/mol. The van der Waals surface area contributed by atoms with Crippen molar-refractivity contribution in [2.24, 2.45) is 0 Å². The number of nitrogens with one attached hydrogen (secondary N) is 2. The monoisotopic (exact) mass is 481 g/mol. The Kier molecular flexibility index (Phi) is 7.36. The number of urea groups is 1. The van der Waals surface area contributed by atoms with Gasteiger partial charge < -0.3 is 20.3 Å². The number of carboxylic acid groups (broad SMARTS) is 1. The van der Waals surface area contributed by atoms with Crippen LogP contribution in [-0.4, -0.2) is 63.2 Å². The summed E-state index contributed by atoms with van der Waals surface area (Å²) in [6, 6.07) is 14.6. The van der Waals surface area contributed by atoms with E-state index < -0.39 is 30.0 Å². The molecule has 4 rings (SSSR count). The first-order chi connectivity index (χ1) is 16.5. The first-order valence-electron chi connectivity index (χ1n) is 11.1. The highest BCUT2D eigenvalue weighted by atomic mass is 32.2. The minimum Gasteiger partial charge on any atom is -0.480 e. The summed E-state index contributed by atoms with van der Waals surface area (Å²) in [5.41, 5.74) is 2.60. The number of aliphatic carboxylic acids is 1. The zero-order chi connectivity index (χ0) is 24.1. The largest absolute Gasteiger partial charge is 0.480 e. The predicted octanol–water partition coefficient (Wildman–Crippen LogP) is 2.50. The van der Waals surface area contributed by atoms with E-state index in [1.54, 1.807) is 0 Å². The van der Waals surface area contributed by atoms with Crippen molar-refractivity contribution in [3.8, 4) is 0 Å². The molecule has 3 aromatic rings. The second-order valence-electron chi connectivity index (χ2n) is 8.08. The number of nitrogens with zero attached hydrogens (tertiary/aromatic N) is 3. The van der Waals surface area contributed by atoms with Crippen LogP contribution in [0.5, 0.6) is 0 Å². The summed E-state index contributed by atoms with van der Waals surface area (Å²) in [4.78, 5) is 44.1. The second kappa shape index (κ2) is 10.6. The van der Waals surface area contributed by atoms with Crippen molar-refractivity contribution in [3.63, 3.8) is 0 Å². The minimum atomic E-state index is -1.10. The van der Waals surface area contributed by atoms with Gasteiger partial charge in [0.2, 0.25) is 11.9 Å². The Morgan fingerprint density at radius 1 is 1.03 bits per heavy atom. The van der Waals surface area contributed by atoms with E-state index in [4.69, 9.17) is 0 Å². The first-order valence-corrected chi connectivity index (χ1v) is 12.5. The maximum atomic E-state index is 13.2. The molecule has 10 heteroatoms. The van der Waals surface area contributed by atoms with E-state index in [9.17, 15) is 19.5 Å². The fraction of sp³-hybridized carbons (Fsp3) is 0.333. The first kappa shape index (κ1) is 23.6. The van der Waals surface area contributed by atoms with Crippen molar-refractivity contribution < 1.29 is 19.5 Å². The summed E-state index contributed by atoms with van der Waals surface area (Å²) in [7, 11) is 0. The fourth-order valence-electron chi connectivity index (χ4n) is 4.03. The van der Waals surface area contributed by atoms with Crippen molar-refractivity contribution in [1.29, 1.82) is 0 Å². The van der Waals surface area contributed by atoms with Crippen molar-refractivity contribution in [2.45, 2.75) is 31.5 Å². The molecule has 1 aromatic heterocycles. The molecule has 0 fully saturated rings. The van der Waals surface area contributed by atoms with Gasteiger partial charge in [0.05, 0.1) is 11.0 Å². The molecule has 0 radical (unpaired) electrons. The molecule has 2 unspecified atom stereocenters. The molecule has 2 aromatic carbocycles. The van der Waals surface area contributed by atoms with E-state index in [1.807, 2.05) is 65.4 Å². The number of carbonyl (C=O) groups is 3. The molecule has 0 saturated heterocycles. The molecular weight excluding hydrogens is 454 g/mol. The van der Waals surface area contributed by atoms with Crippen LogP contribution >= 0.6 is 11.8 Å². The molecule has 3 amide bonds. The Hall–Kier alpha value is -3.53. The lowest BCUT2D eigenvalue weighted by Crippen LogP contribution is -2.55. The SMILES string of the molecule is CSCCC(NC(=O)C(Cc1ccccc1)NC(=O)N1CCn2c1nc1ccccc12)C(=O)O. The summed E-state index contributed by atoms with van der Waals surface area (Å²) in [5.74, 6) is -0.503. The molecular formula is C24H27N5O4S. The summed E-state index contributed by atoms with van der Waals surface area (Å²) >= 11 is 1.51. The number of hydrogen-bond acceptors (Lipinski definition) is 5. The number of amides is 3. The van der Waals surface area contributed by atoms with Crippen molar-refractivity contribution in [2.75, 3.05) is 23.5 Å². The summed E-state index contributed by atoms with van der Waals surface area (Å²) in [6.45, 7) is 1.04. The zero-order valence-electron chi connectivity index (χ0n) is 18.8. The number of aromatic nitrogens is 2. The maximum Gasteiger partial charge on any atom is 0.326 e. The number of anilines is 1. The smallest absolute Gasteiger partial charge is 0.326 e. The summed E-state index contributed by atoms with van der Waals surface area (Å²) in [6.07, 6.45) is 2.41. The lowest BCUT2D eigenvalue weighted by atomic mass is 10.0.